The molecule has 16 heavy (non-hydrogen) atoms. The number of carbonyl (C=O) groups excluding carboxylic acids is 1. The van der Waals surface area contributed by atoms with Gasteiger partial charge < -0.3 is 10.4 Å². The summed E-state index contributed by atoms with van der Waals surface area (Å²) in [6.07, 6.45) is 4.44. The van der Waals surface area contributed by atoms with Crippen LogP contribution in [0.1, 0.15) is 46.5 Å². The Balaban J connectivity index is 4.86. The zero-order valence-corrected chi connectivity index (χ0v) is 10.2. The van der Waals surface area contributed by atoms with Crippen LogP contribution in [0.25, 0.3) is 0 Å². The minimum absolute atomic E-state index is 0.0259. The summed E-state index contributed by atoms with van der Waals surface area (Å²) in [5.74, 6) is -0.835. The number of amides is 1. The third-order valence-corrected chi connectivity index (χ3v) is 2.82. The normalized spacial score (nSPS) is 13.9. The van der Waals surface area contributed by atoms with Crippen LogP contribution in [-0.2, 0) is 9.59 Å². The summed E-state index contributed by atoms with van der Waals surface area (Å²) in [7, 11) is 0. The molecule has 4 nitrogen and oxygen atoms in total. The summed E-state index contributed by atoms with van der Waals surface area (Å²) in [5, 5.41) is 11.2. The standard InChI is InChI=1S/C12H21NO3/c1-4-6-7-10(5-2)9(3)11(12(15)16)13-8-14/h8,10H,4-7H2,1-3H3,(H,13,14)(H,15,16). The average molecular weight is 227 g/mol. The molecule has 0 aliphatic heterocycles. The highest BCUT2D eigenvalue weighted by Crippen LogP contribution is 2.23. The van der Waals surface area contributed by atoms with E-state index in [1.165, 1.54) is 0 Å². The van der Waals surface area contributed by atoms with Crippen molar-refractivity contribution in [2.45, 2.75) is 46.5 Å². The average Bonchev–Trinajstić information content (AvgIpc) is 2.26. The molecule has 0 heterocycles. The Morgan fingerprint density at radius 3 is 2.44 bits per heavy atom. The molecule has 2 N–H and O–H groups in total. The topological polar surface area (TPSA) is 66.4 Å². The lowest BCUT2D eigenvalue weighted by Crippen LogP contribution is -2.22. The van der Waals surface area contributed by atoms with Gasteiger partial charge in [0.15, 0.2) is 0 Å². The van der Waals surface area contributed by atoms with E-state index in [-0.39, 0.29) is 11.6 Å². The molecule has 0 spiro atoms. The van der Waals surface area contributed by atoms with Crippen molar-refractivity contribution in [2.75, 3.05) is 0 Å². The predicted octanol–water partition coefficient (Wildman–Crippen LogP) is 2.31. The molecule has 1 amide bonds. The van der Waals surface area contributed by atoms with Gasteiger partial charge in [-0.2, -0.15) is 0 Å². The minimum atomic E-state index is -1.07. The molecule has 1 unspecified atom stereocenters. The quantitative estimate of drug-likeness (QED) is 0.494. The lowest BCUT2D eigenvalue weighted by molar-refractivity contribution is -0.133. The van der Waals surface area contributed by atoms with Gasteiger partial charge in [-0.1, -0.05) is 26.7 Å². The number of nitrogens with one attached hydrogen (secondary N) is 1. The van der Waals surface area contributed by atoms with Crippen LogP contribution in [0, 0.1) is 5.92 Å². The molecular weight excluding hydrogens is 206 g/mol. The first-order valence-corrected chi connectivity index (χ1v) is 5.72. The zero-order valence-electron chi connectivity index (χ0n) is 10.2. The second-order valence-corrected chi connectivity index (χ2v) is 3.87. The lowest BCUT2D eigenvalue weighted by Gasteiger charge is -2.17. The first-order valence-electron chi connectivity index (χ1n) is 5.72. The fourth-order valence-corrected chi connectivity index (χ4v) is 1.78. The van der Waals surface area contributed by atoms with Gasteiger partial charge >= 0.3 is 5.97 Å². The Morgan fingerprint density at radius 1 is 1.44 bits per heavy atom. The van der Waals surface area contributed by atoms with E-state index in [0.717, 1.165) is 31.3 Å². The molecule has 0 aromatic rings. The van der Waals surface area contributed by atoms with Gasteiger partial charge in [0.25, 0.3) is 0 Å². The Bertz CT molecular complexity index is 271. The van der Waals surface area contributed by atoms with Gasteiger partial charge in [0, 0.05) is 0 Å². The maximum absolute atomic E-state index is 10.9. The highest BCUT2D eigenvalue weighted by molar-refractivity contribution is 5.89. The minimum Gasteiger partial charge on any atom is -0.477 e. The van der Waals surface area contributed by atoms with E-state index in [2.05, 4.69) is 12.2 Å². The Labute approximate surface area is 96.7 Å². The van der Waals surface area contributed by atoms with Crippen LogP contribution >= 0.6 is 0 Å². The smallest absolute Gasteiger partial charge is 0.352 e. The van der Waals surface area contributed by atoms with E-state index < -0.39 is 5.97 Å². The monoisotopic (exact) mass is 227 g/mol. The van der Waals surface area contributed by atoms with E-state index in [1.807, 2.05) is 6.92 Å². The van der Waals surface area contributed by atoms with Gasteiger partial charge in [0.1, 0.15) is 5.70 Å². The number of carboxylic acids is 1. The molecule has 0 aromatic carbocycles. The first-order chi connectivity index (χ1) is 7.58. The number of allylic oxidation sites excluding steroid dienone is 1. The van der Waals surface area contributed by atoms with Crippen LogP contribution in [0.2, 0.25) is 0 Å². The number of carboxylic acid groups (broad SMARTS) is 1. The Morgan fingerprint density at radius 2 is 2.06 bits per heavy atom. The predicted molar refractivity (Wildman–Crippen MR) is 62.8 cm³/mol. The van der Waals surface area contributed by atoms with Crippen molar-refractivity contribution < 1.29 is 14.7 Å². The Hall–Kier alpha value is -1.32. The molecule has 0 bridgehead atoms. The van der Waals surface area contributed by atoms with Gasteiger partial charge in [-0.05, 0) is 31.3 Å². The maximum Gasteiger partial charge on any atom is 0.352 e. The molecule has 0 saturated carbocycles. The Kier molecular flexibility index (Phi) is 7.25. The first kappa shape index (κ1) is 14.7. The fourth-order valence-electron chi connectivity index (χ4n) is 1.78. The number of unbranched alkanes of at least 4 members (excludes halogenated alkanes) is 1. The van der Waals surface area contributed by atoms with Crippen LogP contribution in [-0.4, -0.2) is 17.5 Å². The van der Waals surface area contributed by atoms with Crippen molar-refractivity contribution in [3.63, 3.8) is 0 Å². The largest absolute Gasteiger partial charge is 0.477 e. The van der Waals surface area contributed by atoms with Crippen LogP contribution in [0.5, 0.6) is 0 Å². The van der Waals surface area contributed by atoms with Crippen LogP contribution in [0.3, 0.4) is 0 Å². The molecule has 0 aliphatic carbocycles. The number of carbonyl (C=O) groups is 2. The molecule has 0 aromatic heterocycles. The maximum atomic E-state index is 10.9. The van der Waals surface area contributed by atoms with Crippen molar-refractivity contribution in [3.05, 3.63) is 11.3 Å². The molecule has 1 atom stereocenters. The molecule has 0 rings (SSSR count). The van der Waals surface area contributed by atoms with E-state index in [0.29, 0.717) is 6.41 Å². The van der Waals surface area contributed by atoms with Gasteiger partial charge in [-0.25, -0.2) is 4.79 Å². The molecule has 0 radical (unpaired) electrons. The number of aliphatic carboxylic acids is 1. The second-order valence-electron chi connectivity index (χ2n) is 3.87. The third-order valence-electron chi connectivity index (χ3n) is 2.82. The number of hydrogen-bond acceptors (Lipinski definition) is 2. The molecule has 92 valence electrons. The summed E-state index contributed by atoms with van der Waals surface area (Å²) in [6.45, 7) is 5.92. The van der Waals surface area contributed by atoms with E-state index in [9.17, 15) is 9.59 Å². The highest BCUT2D eigenvalue weighted by atomic mass is 16.4. The second kappa shape index (κ2) is 7.91. The molecule has 0 saturated heterocycles. The van der Waals surface area contributed by atoms with Gasteiger partial charge in [0.05, 0.1) is 0 Å². The molecule has 0 fully saturated rings. The van der Waals surface area contributed by atoms with Crippen molar-refractivity contribution >= 4 is 12.4 Å². The summed E-state index contributed by atoms with van der Waals surface area (Å²) < 4.78 is 0. The third kappa shape index (κ3) is 4.47. The fraction of sp³-hybridized carbons (Fsp3) is 0.667. The molecule has 0 aliphatic rings. The van der Waals surface area contributed by atoms with Crippen LogP contribution in [0.15, 0.2) is 11.3 Å². The SMILES string of the molecule is CCCCC(CC)C(C)=C(NC=O)C(=O)O. The van der Waals surface area contributed by atoms with Crippen molar-refractivity contribution in [1.82, 2.24) is 5.32 Å². The van der Waals surface area contributed by atoms with Gasteiger partial charge in [0.2, 0.25) is 6.41 Å². The van der Waals surface area contributed by atoms with E-state index in [1.54, 1.807) is 6.92 Å². The lowest BCUT2D eigenvalue weighted by atomic mass is 9.90. The van der Waals surface area contributed by atoms with Gasteiger partial charge in [-0.3, -0.25) is 4.79 Å². The number of rotatable bonds is 8. The van der Waals surface area contributed by atoms with E-state index in [4.69, 9.17) is 5.11 Å². The van der Waals surface area contributed by atoms with Crippen molar-refractivity contribution in [1.29, 1.82) is 0 Å². The summed E-state index contributed by atoms with van der Waals surface area (Å²) in [5.41, 5.74) is 0.786. The molecular formula is C12H21NO3. The van der Waals surface area contributed by atoms with Crippen LogP contribution < -0.4 is 5.32 Å². The highest BCUT2D eigenvalue weighted by Gasteiger charge is 2.17. The van der Waals surface area contributed by atoms with Crippen LogP contribution in [0.4, 0.5) is 0 Å². The van der Waals surface area contributed by atoms with Gasteiger partial charge in [-0.15, -0.1) is 0 Å². The van der Waals surface area contributed by atoms with E-state index >= 15 is 0 Å². The van der Waals surface area contributed by atoms with Crippen molar-refractivity contribution in [2.24, 2.45) is 5.92 Å². The summed E-state index contributed by atoms with van der Waals surface area (Å²) in [6, 6.07) is 0. The zero-order chi connectivity index (χ0) is 12.6. The van der Waals surface area contributed by atoms with Crippen molar-refractivity contribution in [3.8, 4) is 0 Å². The number of hydrogen-bond donors (Lipinski definition) is 2. The molecule has 4 heteroatoms. The summed E-state index contributed by atoms with van der Waals surface area (Å²) >= 11 is 0. The summed E-state index contributed by atoms with van der Waals surface area (Å²) in [4.78, 5) is 21.3.